The van der Waals surface area contributed by atoms with E-state index < -0.39 is 0 Å². The van der Waals surface area contributed by atoms with Gasteiger partial charge in [-0.25, -0.2) is 0 Å². The van der Waals surface area contributed by atoms with Crippen molar-refractivity contribution in [1.82, 2.24) is 4.90 Å². The highest BCUT2D eigenvalue weighted by molar-refractivity contribution is 5.25. The van der Waals surface area contributed by atoms with Crippen molar-refractivity contribution in [1.29, 1.82) is 0 Å². The zero-order chi connectivity index (χ0) is 48.1. The lowest BCUT2D eigenvalue weighted by molar-refractivity contribution is -0.0698. The van der Waals surface area contributed by atoms with E-state index in [0.29, 0.717) is 76.4 Å². The van der Waals surface area contributed by atoms with E-state index >= 15 is 0 Å². The van der Waals surface area contributed by atoms with Crippen molar-refractivity contribution in [3.63, 3.8) is 0 Å². The summed E-state index contributed by atoms with van der Waals surface area (Å²) in [6.07, 6.45) is 46.6. The number of hydrogen-bond donors (Lipinski definition) is 0. The van der Waals surface area contributed by atoms with Crippen LogP contribution < -0.4 is 0 Å². The second kappa shape index (κ2) is 33.6. The van der Waals surface area contributed by atoms with Crippen LogP contribution in [-0.2, 0) is 28.4 Å². The van der Waals surface area contributed by atoms with E-state index in [-0.39, 0.29) is 6.10 Å². The largest absolute Gasteiger partial charge is 0.379 e. The number of allylic oxidation sites excluding steroid dienone is 5. The van der Waals surface area contributed by atoms with Crippen molar-refractivity contribution in [2.45, 2.75) is 221 Å². The lowest BCUT2D eigenvalue weighted by atomic mass is 9.47. The van der Waals surface area contributed by atoms with Crippen LogP contribution in [0.4, 0.5) is 0 Å². The molecule has 5 rings (SSSR count). The van der Waals surface area contributed by atoms with Gasteiger partial charge < -0.3 is 33.3 Å². The molecule has 394 valence electrons. The highest BCUT2D eigenvalue weighted by atomic mass is 16.6. The zero-order valence-electron chi connectivity index (χ0n) is 45.5. The van der Waals surface area contributed by atoms with Gasteiger partial charge in [0, 0.05) is 13.2 Å². The van der Waals surface area contributed by atoms with Gasteiger partial charge >= 0.3 is 0 Å². The number of hydrogen-bond acceptors (Lipinski definition) is 7. The summed E-state index contributed by atoms with van der Waals surface area (Å²) in [4.78, 5) is 2.55. The lowest BCUT2D eigenvalue weighted by Gasteiger charge is -2.58. The Labute approximate surface area is 420 Å². The Morgan fingerprint density at radius 3 is 2.04 bits per heavy atom. The summed E-state index contributed by atoms with van der Waals surface area (Å²) >= 11 is 0. The summed E-state index contributed by atoms with van der Waals surface area (Å²) in [7, 11) is 0. The van der Waals surface area contributed by atoms with E-state index in [1.807, 2.05) is 0 Å². The molecule has 1 aliphatic heterocycles. The quantitative estimate of drug-likeness (QED) is 0.0451. The van der Waals surface area contributed by atoms with E-state index in [0.717, 1.165) is 67.9 Å². The molecule has 0 aromatic heterocycles. The minimum atomic E-state index is 0.0980. The van der Waals surface area contributed by atoms with Gasteiger partial charge in [0.15, 0.2) is 0 Å². The van der Waals surface area contributed by atoms with Crippen LogP contribution in [0.1, 0.15) is 208 Å². The first-order chi connectivity index (χ1) is 33.2. The maximum atomic E-state index is 6.45. The zero-order valence-corrected chi connectivity index (χ0v) is 45.5. The number of ether oxygens (including phenoxy) is 6. The molecule has 7 heteroatoms. The molecule has 0 aromatic carbocycles. The number of piperidine rings is 1. The van der Waals surface area contributed by atoms with Gasteiger partial charge in [0.1, 0.15) is 0 Å². The fraction of sp³-hybridized carbons (Fsp3) is 0.902. The molecular formula is C61H109NO6. The van der Waals surface area contributed by atoms with Gasteiger partial charge in [0.2, 0.25) is 0 Å². The predicted molar refractivity (Wildman–Crippen MR) is 285 cm³/mol. The number of fused-ring (bicyclic) bond motifs is 5. The molecule has 0 aromatic rings. The van der Waals surface area contributed by atoms with Gasteiger partial charge in [-0.3, -0.25) is 0 Å². The van der Waals surface area contributed by atoms with Crippen molar-refractivity contribution in [2.75, 3.05) is 85.7 Å². The average Bonchev–Trinajstić information content (AvgIpc) is 3.70. The first-order valence-electron chi connectivity index (χ1n) is 29.5. The molecule has 9 atom stereocenters. The monoisotopic (exact) mass is 952 g/mol. The molecule has 0 bridgehead atoms. The van der Waals surface area contributed by atoms with Crippen molar-refractivity contribution in [2.24, 2.45) is 46.3 Å². The smallest absolute Gasteiger partial charge is 0.0936 e. The molecule has 1 heterocycles. The topological polar surface area (TPSA) is 58.6 Å². The fourth-order valence-corrected chi connectivity index (χ4v) is 13.9. The maximum Gasteiger partial charge on any atom is 0.0936 e. The number of nitrogens with zero attached hydrogens (tertiary/aromatic N) is 1. The van der Waals surface area contributed by atoms with Crippen LogP contribution in [0, 0.1) is 46.3 Å². The third-order valence-corrected chi connectivity index (χ3v) is 17.9. The van der Waals surface area contributed by atoms with Crippen molar-refractivity contribution in [3.05, 3.63) is 36.0 Å². The predicted octanol–water partition coefficient (Wildman–Crippen LogP) is 15.2. The molecule has 0 spiro atoms. The third-order valence-electron chi connectivity index (χ3n) is 17.9. The second-order valence-corrected chi connectivity index (χ2v) is 23.4. The Balaban J connectivity index is 0.837. The van der Waals surface area contributed by atoms with E-state index in [1.165, 1.54) is 161 Å². The summed E-state index contributed by atoms with van der Waals surface area (Å²) in [6.45, 7) is 24.6. The SMILES string of the molecule is CCCCC/C=C\C/C=C\CCCCCCCCOCC(CN1CCCCC1)OCCOCCOCCOCCO[C@H]1CC[C@@]2(C)C(=CC[C@H]3[C@@H]4CC[C@H]([C@H](C)CCCC(C)C)[C@@]4(C)CC[C@@H]32)C1. The van der Waals surface area contributed by atoms with Crippen LogP contribution in [0.2, 0.25) is 0 Å². The first-order valence-corrected chi connectivity index (χ1v) is 29.5. The minimum absolute atomic E-state index is 0.0980. The summed E-state index contributed by atoms with van der Waals surface area (Å²) in [5.41, 5.74) is 2.66. The number of likely N-dealkylation sites (tertiary alicyclic amines) is 1. The molecule has 4 aliphatic carbocycles. The van der Waals surface area contributed by atoms with Gasteiger partial charge in [-0.15, -0.1) is 0 Å². The Hall–Kier alpha value is -1.06. The molecule has 0 N–H and O–H groups in total. The highest BCUT2D eigenvalue weighted by Gasteiger charge is 2.59. The first kappa shape index (κ1) is 57.8. The van der Waals surface area contributed by atoms with Gasteiger partial charge in [-0.2, -0.15) is 0 Å². The maximum absolute atomic E-state index is 6.45. The molecule has 4 fully saturated rings. The van der Waals surface area contributed by atoms with Crippen LogP contribution in [0.15, 0.2) is 36.0 Å². The van der Waals surface area contributed by atoms with E-state index in [2.05, 4.69) is 76.8 Å². The third kappa shape index (κ3) is 20.1. The van der Waals surface area contributed by atoms with Crippen molar-refractivity contribution >= 4 is 0 Å². The van der Waals surface area contributed by atoms with Crippen molar-refractivity contribution < 1.29 is 28.4 Å². The molecule has 7 nitrogen and oxygen atoms in total. The van der Waals surface area contributed by atoms with E-state index in [4.69, 9.17) is 28.4 Å². The molecule has 68 heavy (non-hydrogen) atoms. The number of rotatable bonds is 38. The van der Waals surface area contributed by atoms with Crippen LogP contribution in [-0.4, -0.2) is 103 Å². The molecule has 0 radical (unpaired) electrons. The van der Waals surface area contributed by atoms with Gasteiger partial charge in [0.05, 0.1) is 71.7 Å². The van der Waals surface area contributed by atoms with Gasteiger partial charge in [-0.1, -0.05) is 142 Å². The van der Waals surface area contributed by atoms with Crippen LogP contribution >= 0.6 is 0 Å². The second-order valence-electron chi connectivity index (χ2n) is 23.4. The minimum Gasteiger partial charge on any atom is -0.379 e. The molecule has 3 saturated carbocycles. The summed E-state index contributed by atoms with van der Waals surface area (Å²) in [6, 6.07) is 0. The molecular weight excluding hydrogens is 843 g/mol. The Kier molecular flexibility index (Phi) is 28.6. The van der Waals surface area contributed by atoms with Gasteiger partial charge in [0.25, 0.3) is 0 Å². The normalized spacial score (nSPS) is 28.6. The van der Waals surface area contributed by atoms with E-state index in [9.17, 15) is 0 Å². The summed E-state index contributed by atoms with van der Waals surface area (Å²) in [5, 5.41) is 0. The van der Waals surface area contributed by atoms with Crippen LogP contribution in [0.3, 0.4) is 0 Å². The van der Waals surface area contributed by atoms with Crippen molar-refractivity contribution in [3.8, 4) is 0 Å². The Morgan fingerprint density at radius 1 is 0.647 bits per heavy atom. The van der Waals surface area contributed by atoms with E-state index in [1.54, 1.807) is 5.57 Å². The molecule has 0 amide bonds. The van der Waals surface area contributed by atoms with Crippen LogP contribution in [0.25, 0.3) is 0 Å². The highest BCUT2D eigenvalue weighted by Crippen LogP contribution is 2.67. The molecule has 1 unspecified atom stereocenters. The van der Waals surface area contributed by atoms with Crippen LogP contribution in [0.5, 0.6) is 0 Å². The molecule has 1 saturated heterocycles. The summed E-state index contributed by atoms with van der Waals surface area (Å²) in [5.74, 6) is 5.33. The molecule has 5 aliphatic rings. The average molecular weight is 953 g/mol. The summed E-state index contributed by atoms with van der Waals surface area (Å²) < 4.78 is 36.6. The number of unbranched alkanes of at least 4 members (excludes halogenated alkanes) is 9. The van der Waals surface area contributed by atoms with Gasteiger partial charge in [-0.05, 0) is 162 Å². The Bertz CT molecular complexity index is 1380. The fourth-order valence-electron chi connectivity index (χ4n) is 13.9. The Morgan fingerprint density at radius 2 is 1.32 bits per heavy atom. The standard InChI is InChI=1S/C61H109NO6/c1-7-8-9-10-11-12-13-14-15-16-17-18-19-20-21-25-39-66-50-55(49-62-37-23-22-24-38-62)68-47-45-65-43-41-63-40-42-64-44-46-67-54-33-35-60(5)53(48-54)29-30-56-58-32-31-57(52(4)28-26-27-51(2)3)61(58,6)36-34-59(56)60/h11-12,14-15,29,51-52,54-59H,7-10,13,16-28,30-50H2,1-6H3/b12-11-,15-14-/t52-,54+,55?,56+,57-,58+,59+,60+,61-/m1/s1. The lowest BCUT2D eigenvalue weighted by Crippen LogP contribution is -2.51.